The Bertz CT molecular complexity index is 204. The van der Waals surface area contributed by atoms with E-state index < -0.39 is 12.1 Å². The summed E-state index contributed by atoms with van der Waals surface area (Å²) in [5.74, 6) is 4.76. The number of urea groups is 1. The molecule has 0 fully saturated rings. The molecule has 0 rings (SSSR count). The molecule has 0 aromatic rings. The zero-order valence-electron chi connectivity index (χ0n) is 8.83. The number of hydrogen-bond acceptors (Lipinski definition) is 3. The van der Waals surface area contributed by atoms with Crippen molar-refractivity contribution in [1.29, 1.82) is 0 Å². The molecule has 0 aromatic heterocycles. The van der Waals surface area contributed by atoms with E-state index in [1.54, 1.807) is 11.8 Å². The van der Waals surface area contributed by atoms with Crippen LogP contribution in [0, 0.1) is 0 Å². The van der Waals surface area contributed by atoms with E-state index >= 15 is 0 Å². The minimum absolute atomic E-state index is 0.112. The first kappa shape index (κ1) is 12.7. The minimum atomic E-state index is -0.557. The van der Waals surface area contributed by atoms with Crippen molar-refractivity contribution in [1.82, 2.24) is 15.6 Å². The van der Waals surface area contributed by atoms with Gasteiger partial charge in [0.05, 0.1) is 0 Å². The van der Waals surface area contributed by atoms with E-state index in [9.17, 15) is 9.59 Å². The highest BCUT2D eigenvalue weighted by Gasteiger charge is 2.19. The van der Waals surface area contributed by atoms with Crippen LogP contribution in [0.1, 0.15) is 20.8 Å². The Balaban J connectivity index is 4.16. The molecule has 0 aliphatic heterocycles. The Labute approximate surface area is 83.8 Å². The number of nitrogens with two attached hydrogens (primary N) is 1. The lowest BCUT2D eigenvalue weighted by molar-refractivity contribution is -0.132. The van der Waals surface area contributed by atoms with Gasteiger partial charge in [0.1, 0.15) is 6.04 Å². The maximum Gasteiger partial charge on any atom is 0.329 e. The molecule has 0 aliphatic rings. The number of rotatable bonds is 4. The van der Waals surface area contributed by atoms with Crippen LogP contribution in [0.4, 0.5) is 4.79 Å². The maximum atomic E-state index is 11.6. The van der Waals surface area contributed by atoms with Gasteiger partial charge in [0.25, 0.3) is 0 Å². The fraction of sp³-hybridized carbons (Fsp3) is 0.750. The van der Waals surface area contributed by atoms with E-state index in [1.807, 2.05) is 19.3 Å². The molecule has 1 unspecified atom stereocenters. The number of carbonyl (C=O) groups is 2. The lowest BCUT2D eigenvalue weighted by Gasteiger charge is -2.23. The zero-order valence-corrected chi connectivity index (χ0v) is 8.83. The summed E-state index contributed by atoms with van der Waals surface area (Å²) in [6.45, 7) is 6.65. The van der Waals surface area contributed by atoms with Crippen molar-refractivity contribution in [3.8, 4) is 0 Å². The highest BCUT2D eigenvalue weighted by Crippen LogP contribution is 1.94. The van der Waals surface area contributed by atoms with Gasteiger partial charge in [0.2, 0.25) is 5.91 Å². The van der Waals surface area contributed by atoms with Crippen molar-refractivity contribution in [2.24, 2.45) is 5.84 Å². The van der Waals surface area contributed by atoms with Crippen LogP contribution in [0.5, 0.6) is 0 Å². The summed E-state index contributed by atoms with van der Waals surface area (Å²) in [7, 11) is 0. The van der Waals surface area contributed by atoms with E-state index in [0.29, 0.717) is 13.1 Å². The van der Waals surface area contributed by atoms with Gasteiger partial charge >= 0.3 is 6.03 Å². The highest BCUT2D eigenvalue weighted by atomic mass is 16.2. The van der Waals surface area contributed by atoms with Gasteiger partial charge in [0.15, 0.2) is 0 Å². The van der Waals surface area contributed by atoms with E-state index in [0.717, 1.165) is 0 Å². The Morgan fingerprint density at radius 1 is 1.36 bits per heavy atom. The van der Waals surface area contributed by atoms with Gasteiger partial charge in [-0.05, 0) is 20.8 Å². The van der Waals surface area contributed by atoms with E-state index in [4.69, 9.17) is 5.84 Å². The first-order valence-corrected chi connectivity index (χ1v) is 4.62. The van der Waals surface area contributed by atoms with Crippen LogP contribution in [0.2, 0.25) is 0 Å². The number of hydrogen-bond donors (Lipinski definition) is 3. The Hall–Kier alpha value is -1.30. The van der Waals surface area contributed by atoms with Crippen LogP contribution < -0.4 is 16.6 Å². The van der Waals surface area contributed by atoms with Gasteiger partial charge in [-0.1, -0.05) is 0 Å². The zero-order chi connectivity index (χ0) is 11.1. The van der Waals surface area contributed by atoms with Crippen LogP contribution in [-0.2, 0) is 4.79 Å². The molecule has 1 atom stereocenters. The lowest BCUT2D eigenvalue weighted by atomic mass is 10.3. The second kappa shape index (κ2) is 6.20. The molecule has 4 N–H and O–H groups in total. The third-order valence-corrected chi connectivity index (χ3v) is 1.92. The number of likely N-dealkylation sites (N-methyl/N-ethyl adjacent to an activating group) is 1. The summed E-state index contributed by atoms with van der Waals surface area (Å²) in [4.78, 5) is 24.0. The number of carbonyl (C=O) groups excluding carboxylic acids is 2. The van der Waals surface area contributed by atoms with E-state index in [2.05, 4.69) is 5.32 Å². The molecular formula is C8H18N4O2. The second-order valence-corrected chi connectivity index (χ2v) is 2.85. The average molecular weight is 202 g/mol. The molecule has 0 saturated carbocycles. The monoisotopic (exact) mass is 202 g/mol. The van der Waals surface area contributed by atoms with Crippen molar-refractivity contribution >= 4 is 11.9 Å². The molecule has 0 aliphatic carbocycles. The second-order valence-electron chi connectivity index (χ2n) is 2.85. The highest BCUT2D eigenvalue weighted by molar-refractivity contribution is 5.86. The normalized spacial score (nSPS) is 11.7. The number of hydrazine groups is 1. The van der Waals surface area contributed by atoms with Crippen molar-refractivity contribution in [3.63, 3.8) is 0 Å². The molecule has 0 saturated heterocycles. The van der Waals surface area contributed by atoms with Gasteiger partial charge in [-0.25, -0.2) is 10.6 Å². The van der Waals surface area contributed by atoms with E-state index in [-0.39, 0.29) is 5.91 Å². The molecule has 14 heavy (non-hydrogen) atoms. The predicted molar refractivity (Wildman–Crippen MR) is 53.2 cm³/mol. The van der Waals surface area contributed by atoms with Gasteiger partial charge in [-0.15, -0.1) is 0 Å². The van der Waals surface area contributed by atoms with Crippen LogP contribution in [0.15, 0.2) is 0 Å². The fourth-order valence-electron chi connectivity index (χ4n) is 1.11. The molecule has 3 amide bonds. The van der Waals surface area contributed by atoms with Gasteiger partial charge in [0, 0.05) is 13.1 Å². The molecule has 82 valence electrons. The van der Waals surface area contributed by atoms with Crippen LogP contribution in [0.25, 0.3) is 0 Å². The predicted octanol–water partition coefficient (Wildman–Crippen LogP) is -0.584. The SMILES string of the molecule is CCN(CC)C(=O)C(C)NC(=O)NN. The van der Waals surface area contributed by atoms with E-state index in [1.165, 1.54) is 0 Å². The first-order valence-electron chi connectivity index (χ1n) is 4.62. The molecule has 6 nitrogen and oxygen atoms in total. The van der Waals surface area contributed by atoms with Gasteiger partial charge in [-0.3, -0.25) is 10.2 Å². The van der Waals surface area contributed by atoms with Crippen molar-refractivity contribution in [2.75, 3.05) is 13.1 Å². The van der Waals surface area contributed by atoms with Crippen molar-refractivity contribution in [2.45, 2.75) is 26.8 Å². The summed E-state index contributed by atoms with van der Waals surface area (Å²) < 4.78 is 0. The molecular weight excluding hydrogens is 184 g/mol. The molecule has 0 bridgehead atoms. The Morgan fingerprint density at radius 2 is 1.86 bits per heavy atom. The fourth-order valence-corrected chi connectivity index (χ4v) is 1.11. The topological polar surface area (TPSA) is 87.5 Å². The quantitative estimate of drug-likeness (QED) is 0.323. The summed E-state index contributed by atoms with van der Waals surface area (Å²) in [6.07, 6.45) is 0. The van der Waals surface area contributed by atoms with Gasteiger partial charge in [-0.2, -0.15) is 0 Å². The maximum absolute atomic E-state index is 11.6. The molecule has 0 radical (unpaired) electrons. The smallest absolute Gasteiger partial charge is 0.329 e. The van der Waals surface area contributed by atoms with Crippen LogP contribution >= 0.6 is 0 Å². The lowest BCUT2D eigenvalue weighted by Crippen LogP contribution is -2.51. The minimum Gasteiger partial charge on any atom is -0.341 e. The Morgan fingerprint density at radius 3 is 2.21 bits per heavy atom. The summed E-state index contributed by atoms with van der Waals surface area (Å²) in [6, 6.07) is -1.11. The summed E-state index contributed by atoms with van der Waals surface area (Å²) in [5, 5.41) is 2.41. The molecule has 6 heteroatoms. The standard InChI is InChI=1S/C8H18N4O2/c1-4-12(5-2)7(13)6(3)10-8(14)11-9/h6H,4-5,9H2,1-3H3,(H2,10,11,14). The van der Waals surface area contributed by atoms with Crippen molar-refractivity contribution < 1.29 is 9.59 Å². The third kappa shape index (κ3) is 3.61. The largest absolute Gasteiger partial charge is 0.341 e. The van der Waals surface area contributed by atoms with Crippen LogP contribution in [0.3, 0.4) is 0 Å². The molecule has 0 heterocycles. The van der Waals surface area contributed by atoms with Gasteiger partial charge < -0.3 is 10.2 Å². The number of nitrogens with one attached hydrogen (secondary N) is 2. The third-order valence-electron chi connectivity index (χ3n) is 1.92. The Kier molecular flexibility index (Phi) is 5.62. The average Bonchev–Trinajstić information content (AvgIpc) is 2.19. The van der Waals surface area contributed by atoms with Crippen molar-refractivity contribution in [3.05, 3.63) is 0 Å². The summed E-state index contributed by atoms with van der Waals surface area (Å²) in [5.41, 5.74) is 1.90. The first-order chi connectivity index (χ1) is 6.56. The molecule has 0 spiro atoms. The summed E-state index contributed by atoms with van der Waals surface area (Å²) >= 11 is 0. The molecule has 0 aromatic carbocycles. The number of amides is 3. The van der Waals surface area contributed by atoms with Crippen LogP contribution in [-0.4, -0.2) is 36.0 Å². The number of nitrogens with zero attached hydrogens (tertiary/aromatic N) is 1.